The van der Waals surface area contributed by atoms with Crippen LogP contribution in [0.1, 0.15) is 9.75 Å². The van der Waals surface area contributed by atoms with Crippen LogP contribution < -0.4 is 5.56 Å². The van der Waals surface area contributed by atoms with Crippen LogP contribution in [-0.4, -0.2) is 9.97 Å². The van der Waals surface area contributed by atoms with Crippen molar-refractivity contribution in [3.8, 4) is 11.1 Å². The number of H-pyrrole nitrogens is 1. The van der Waals surface area contributed by atoms with Gasteiger partial charge in [-0.15, -0.1) is 22.7 Å². The van der Waals surface area contributed by atoms with Crippen molar-refractivity contribution in [2.45, 2.75) is 17.8 Å². The molecule has 0 radical (unpaired) electrons. The highest BCUT2D eigenvalue weighted by atomic mass is 32.2. The number of hydrogen-bond acceptors (Lipinski definition) is 5. The minimum absolute atomic E-state index is 0.0584. The Hall–Kier alpha value is -1.89. The van der Waals surface area contributed by atoms with E-state index in [4.69, 9.17) is 0 Å². The van der Waals surface area contributed by atoms with Crippen molar-refractivity contribution in [1.82, 2.24) is 9.97 Å². The third kappa shape index (κ3) is 2.92. The first-order chi connectivity index (χ1) is 11.7. The fourth-order valence-corrected chi connectivity index (χ4v) is 5.39. The van der Waals surface area contributed by atoms with Gasteiger partial charge in [0.05, 0.1) is 5.39 Å². The second-order valence-electron chi connectivity index (χ2n) is 5.32. The van der Waals surface area contributed by atoms with Crippen molar-refractivity contribution < 1.29 is 0 Å². The topological polar surface area (TPSA) is 45.8 Å². The lowest BCUT2D eigenvalue weighted by Crippen LogP contribution is -2.08. The molecule has 3 nitrogen and oxygen atoms in total. The van der Waals surface area contributed by atoms with Gasteiger partial charge in [0, 0.05) is 21.1 Å². The normalized spacial score (nSPS) is 11.2. The summed E-state index contributed by atoms with van der Waals surface area (Å²) in [7, 11) is 0. The molecule has 3 heterocycles. The number of thiophene rings is 2. The van der Waals surface area contributed by atoms with Gasteiger partial charge in [-0.05, 0) is 23.9 Å². The zero-order valence-corrected chi connectivity index (χ0v) is 15.4. The molecule has 0 amide bonds. The second kappa shape index (κ2) is 6.55. The molecule has 0 saturated carbocycles. The number of nitrogens with zero attached hydrogens (tertiary/aromatic N) is 1. The second-order valence-corrected chi connectivity index (χ2v) is 8.52. The lowest BCUT2D eigenvalue weighted by Gasteiger charge is -2.02. The smallest absolute Gasteiger partial charge is 0.260 e. The minimum Gasteiger partial charge on any atom is -0.301 e. The van der Waals surface area contributed by atoms with E-state index in [0.29, 0.717) is 10.5 Å². The van der Waals surface area contributed by atoms with Crippen LogP contribution in [0, 0.1) is 6.92 Å². The van der Waals surface area contributed by atoms with E-state index in [9.17, 15) is 4.79 Å². The molecule has 0 fully saturated rings. The van der Waals surface area contributed by atoms with E-state index in [1.54, 1.807) is 34.4 Å². The Kier molecular flexibility index (Phi) is 4.26. The number of rotatable bonds is 4. The lowest BCUT2D eigenvalue weighted by atomic mass is 10.0. The van der Waals surface area contributed by atoms with Crippen LogP contribution in [-0.2, 0) is 5.75 Å². The number of benzene rings is 1. The Morgan fingerprint density at radius 3 is 2.75 bits per heavy atom. The minimum atomic E-state index is -0.0584. The van der Waals surface area contributed by atoms with E-state index in [0.717, 1.165) is 26.6 Å². The quantitative estimate of drug-likeness (QED) is 0.391. The van der Waals surface area contributed by atoms with Crippen LogP contribution in [0.5, 0.6) is 0 Å². The number of fused-ring (bicyclic) bond motifs is 1. The van der Waals surface area contributed by atoms with Crippen molar-refractivity contribution in [1.29, 1.82) is 0 Å². The first-order valence-electron chi connectivity index (χ1n) is 7.46. The van der Waals surface area contributed by atoms with E-state index in [1.165, 1.54) is 4.88 Å². The summed E-state index contributed by atoms with van der Waals surface area (Å²) in [5.74, 6) is 0.821. The maximum atomic E-state index is 12.7. The average molecular weight is 371 g/mol. The Balaban J connectivity index is 1.76. The molecule has 4 rings (SSSR count). The van der Waals surface area contributed by atoms with Crippen LogP contribution in [0.25, 0.3) is 21.3 Å². The molecule has 4 aromatic rings. The predicted octanol–water partition coefficient (Wildman–Crippen LogP) is 5.31. The molecule has 6 heteroatoms. The van der Waals surface area contributed by atoms with Gasteiger partial charge in [-0.3, -0.25) is 4.79 Å². The molecule has 0 atom stereocenters. The zero-order chi connectivity index (χ0) is 16.5. The number of hydrogen-bond donors (Lipinski definition) is 1. The van der Waals surface area contributed by atoms with Crippen LogP contribution in [0.15, 0.2) is 57.8 Å². The van der Waals surface area contributed by atoms with Crippen molar-refractivity contribution in [3.05, 3.63) is 68.0 Å². The van der Waals surface area contributed by atoms with Gasteiger partial charge in [-0.1, -0.05) is 48.2 Å². The van der Waals surface area contributed by atoms with Crippen molar-refractivity contribution >= 4 is 44.7 Å². The van der Waals surface area contributed by atoms with Gasteiger partial charge in [0.2, 0.25) is 0 Å². The number of aromatic nitrogens is 2. The fraction of sp³-hybridized carbons (Fsp3) is 0.111. The molecule has 0 unspecified atom stereocenters. The summed E-state index contributed by atoms with van der Waals surface area (Å²) in [6.45, 7) is 2.05. The number of aromatic amines is 1. The molecule has 1 aromatic carbocycles. The van der Waals surface area contributed by atoms with E-state index >= 15 is 0 Å². The van der Waals surface area contributed by atoms with Crippen molar-refractivity contribution in [2.24, 2.45) is 0 Å². The molecule has 24 heavy (non-hydrogen) atoms. The highest BCUT2D eigenvalue weighted by Crippen LogP contribution is 2.36. The molecular formula is C18H14N2OS3. The molecule has 0 bridgehead atoms. The summed E-state index contributed by atoms with van der Waals surface area (Å²) in [5.41, 5.74) is 2.00. The Bertz CT molecular complexity index is 1030. The lowest BCUT2D eigenvalue weighted by molar-refractivity contribution is 0.980. The van der Waals surface area contributed by atoms with Crippen molar-refractivity contribution in [2.75, 3.05) is 0 Å². The summed E-state index contributed by atoms with van der Waals surface area (Å²) >= 11 is 4.87. The Morgan fingerprint density at radius 2 is 2.00 bits per heavy atom. The van der Waals surface area contributed by atoms with Gasteiger partial charge in [0.25, 0.3) is 5.56 Å². The third-order valence-electron chi connectivity index (χ3n) is 3.71. The summed E-state index contributed by atoms with van der Waals surface area (Å²) in [6.07, 6.45) is 0. The molecule has 0 aliphatic rings. The third-order valence-corrected chi connectivity index (χ3v) is 6.69. The van der Waals surface area contributed by atoms with E-state index in [-0.39, 0.29) is 5.56 Å². The summed E-state index contributed by atoms with van der Waals surface area (Å²) < 4.78 is 0. The van der Waals surface area contributed by atoms with Gasteiger partial charge in [0.15, 0.2) is 5.16 Å². The molecular weight excluding hydrogens is 356 g/mol. The van der Waals surface area contributed by atoms with E-state index in [2.05, 4.69) is 21.4 Å². The highest BCUT2D eigenvalue weighted by molar-refractivity contribution is 7.98. The first-order valence-corrected chi connectivity index (χ1v) is 10.1. The number of nitrogens with one attached hydrogen (secondary N) is 1. The maximum absolute atomic E-state index is 12.7. The van der Waals surface area contributed by atoms with Gasteiger partial charge < -0.3 is 4.98 Å². The zero-order valence-electron chi connectivity index (χ0n) is 12.9. The number of aryl methyl sites for hydroxylation is 1. The fourth-order valence-electron chi connectivity index (χ4n) is 2.65. The molecule has 120 valence electrons. The van der Waals surface area contributed by atoms with Gasteiger partial charge in [0.1, 0.15) is 4.83 Å². The Morgan fingerprint density at radius 1 is 1.17 bits per heavy atom. The van der Waals surface area contributed by atoms with Crippen LogP contribution in [0.2, 0.25) is 0 Å². The van der Waals surface area contributed by atoms with Gasteiger partial charge in [-0.25, -0.2) is 4.98 Å². The van der Waals surface area contributed by atoms with E-state index in [1.807, 2.05) is 43.3 Å². The molecule has 0 aliphatic heterocycles. The average Bonchev–Trinajstić information content (AvgIpc) is 3.21. The molecule has 0 saturated heterocycles. The van der Waals surface area contributed by atoms with E-state index < -0.39 is 0 Å². The maximum Gasteiger partial charge on any atom is 0.260 e. The largest absolute Gasteiger partial charge is 0.301 e. The van der Waals surface area contributed by atoms with Crippen LogP contribution >= 0.6 is 34.4 Å². The standard InChI is InChI=1S/C18H14N2OS3/c1-11-14(12-6-3-2-4-7-12)15-16(21)19-18(20-17(15)24-11)23-10-13-8-5-9-22-13/h2-9H,10H2,1H3,(H,19,20,21). The molecule has 3 aromatic heterocycles. The van der Waals surface area contributed by atoms with Gasteiger partial charge in [-0.2, -0.15) is 0 Å². The first kappa shape index (κ1) is 15.6. The van der Waals surface area contributed by atoms with Crippen LogP contribution in [0.3, 0.4) is 0 Å². The summed E-state index contributed by atoms with van der Waals surface area (Å²) in [4.78, 5) is 23.5. The van der Waals surface area contributed by atoms with Gasteiger partial charge >= 0.3 is 0 Å². The highest BCUT2D eigenvalue weighted by Gasteiger charge is 2.16. The summed E-state index contributed by atoms with van der Waals surface area (Å²) in [6, 6.07) is 14.2. The molecule has 0 aliphatic carbocycles. The molecule has 0 spiro atoms. The predicted molar refractivity (Wildman–Crippen MR) is 104 cm³/mol. The Labute approximate surface area is 151 Å². The van der Waals surface area contributed by atoms with Crippen molar-refractivity contribution in [3.63, 3.8) is 0 Å². The monoisotopic (exact) mass is 370 g/mol. The van der Waals surface area contributed by atoms with Crippen LogP contribution in [0.4, 0.5) is 0 Å². The SMILES string of the molecule is Cc1sc2nc(SCc3cccs3)[nH]c(=O)c2c1-c1ccccc1. The number of thioether (sulfide) groups is 1. The molecule has 1 N–H and O–H groups in total. The summed E-state index contributed by atoms with van der Waals surface area (Å²) in [5, 5.41) is 3.44.